The maximum atomic E-state index is 10.1. The second-order valence-electron chi connectivity index (χ2n) is 13.5. The zero-order valence-electron chi connectivity index (χ0n) is 28.8. The Bertz CT molecular complexity index is 1250. The van der Waals surface area contributed by atoms with Gasteiger partial charge in [-0.25, -0.2) is 9.98 Å². The molecule has 0 spiro atoms. The maximum Gasteiger partial charge on any atom is 2.00 e. The fraction of sp³-hybridized carbons (Fsp3) is 0.526. The van der Waals surface area contributed by atoms with Gasteiger partial charge in [-0.15, -0.1) is 18.0 Å². The Kier molecular flexibility index (Phi) is 15.7. The van der Waals surface area contributed by atoms with Gasteiger partial charge >= 0.3 is 16.5 Å². The van der Waals surface area contributed by atoms with Gasteiger partial charge < -0.3 is 24.7 Å². The summed E-state index contributed by atoms with van der Waals surface area (Å²) in [5.74, 6) is 2.54. The summed E-state index contributed by atoms with van der Waals surface area (Å²) in [5.41, 5.74) is 3.58. The predicted octanol–water partition coefficient (Wildman–Crippen LogP) is 5.91. The van der Waals surface area contributed by atoms with E-state index in [2.05, 4.69) is 67.5 Å². The summed E-state index contributed by atoms with van der Waals surface area (Å²) in [6.45, 7) is 18.8. The summed E-state index contributed by atoms with van der Waals surface area (Å²) < 4.78 is 11.9. The van der Waals surface area contributed by atoms with Crippen LogP contribution in [0.2, 0.25) is 0 Å². The Balaban J connectivity index is 0.000000315. The summed E-state index contributed by atoms with van der Waals surface area (Å²) in [7, 11) is 0. The van der Waals surface area contributed by atoms with E-state index < -0.39 is 0 Å². The SMILES string of the molecule is CC(C)[C@H]1COC(C(C)(C)c2ccc(C(C)(C)C3=N[C@@H](C(C)C)CO3)[n-]2)=N1.OCCc1ccccc1.[Ni+2].[O-]CCc1ccccc1. The average molecular weight is 675 g/mol. The minimum Gasteiger partial charge on any atom is -0.854 e. The number of ether oxygens (including phenoxy) is 2. The second kappa shape index (κ2) is 18.4. The molecule has 254 valence electrons. The molecule has 2 aromatic carbocycles. The molecule has 0 bridgehead atoms. The quantitative estimate of drug-likeness (QED) is 0.270. The van der Waals surface area contributed by atoms with E-state index in [1.165, 1.54) is 5.56 Å². The molecule has 1 N–H and O–H groups in total. The molecule has 46 heavy (non-hydrogen) atoms. The molecule has 0 saturated carbocycles. The molecule has 0 unspecified atom stereocenters. The number of aromatic nitrogens is 1. The largest absolute Gasteiger partial charge is 2.00 e. The first kappa shape index (κ1) is 39.3. The first-order valence-corrected chi connectivity index (χ1v) is 16.2. The van der Waals surface area contributed by atoms with Crippen LogP contribution in [0, 0.1) is 11.8 Å². The Morgan fingerprint density at radius 1 is 0.717 bits per heavy atom. The van der Waals surface area contributed by atoms with Crippen LogP contribution in [0.15, 0.2) is 82.8 Å². The Morgan fingerprint density at radius 2 is 1.11 bits per heavy atom. The molecule has 5 rings (SSSR count). The van der Waals surface area contributed by atoms with Crippen molar-refractivity contribution in [3.63, 3.8) is 0 Å². The van der Waals surface area contributed by atoms with E-state index in [0.29, 0.717) is 31.5 Å². The molecule has 7 nitrogen and oxygen atoms in total. The smallest absolute Gasteiger partial charge is 0.854 e. The molecule has 0 saturated heterocycles. The monoisotopic (exact) mass is 673 g/mol. The third-order valence-corrected chi connectivity index (χ3v) is 8.35. The van der Waals surface area contributed by atoms with Gasteiger partial charge in [0.25, 0.3) is 0 Å². The van der Waals surface area contributed by atoms with Gasteiger partial charge in [0, 0.05) is 17.4 Å². The van der Waals surface area contributed by atoms with Gasteiger partial charge in [0.15, 0.2) is 11.8 Å². The van der Waals surface area contributed by atoms with Crippen LogP contribution in [0.1, 0.15) is 77.9 Å². The molecular formula is C38H53N3NiO4. The Hall–Kier alpha value is -2.93. The summed E-state index contributed by atoms with van der Waals surface area (Å²) in [6, 6.07) is 24.4. The summed E-state index contributed by atoms with van der Waals surface area (Å²) >= 11 is 0. The summed E-state index contributed by atoms with van der Waals surface area (Å²) in [4.78, 5) is 14.6. The Morgan fingerprint density at radius 3 is 1.43 bits per heavy atom. The van der Waals surface area contributed by atoms with Crippen LogP contribution in [-0.4, -0.2) is 55.4 Å². The van der Waals surface area contributed by atoms with E-state index >= 15 is 0 Å². The van der Waals surface area contributed by atoms with E-state index in [1.54, 1.807) is 0 Å². The molecule has 2 aliphatic rings. The van der Waals surface area contributed by atoms with Crippen molar-refractivity contribution in [1.29, 1.82) is 0 Å². The van der Waals surface area contributed by atoms with Crippen LogP contribution >= 0.6 is 0 Å². The number of hydrogen-bond donors (Lipinski definition) is 1. The topological polar surface area (TPSA) is 101 Å². The summed E-state index contributed by atoms with van der Waals surface area (Å²) in [5, 5.41) is 18.6. The van der Waals surface area contributed by atoms with Gasteiger partial charge in [0.1, 0.15) is 13.2 Å². The zero-order chi connectivity index (χ0) is 33.0. The molecule has 0 radical (unpaired) electrons. The van der Waals surface area contributed by atoms with Crippen LogP contribution < -0.4 is 10.1 Å². The number of aliphatic hydroxyl groups excluding tert-OH is 1. The standard InChI is InChI=1S/C22H34N3O2.C8H10O.C8H9O.Ni/c1-13(2)15-11-26-19(23-15)21(5,6)17-9-10-18(25-17)22(7,8)20-24-16(12-27-20)14(3)4;2*9-7-6-8-4-2-1-3-5-8;/h9-10,13-16H,11-12H2,1-8H3;1-5,9H,6-7H2;1-5H,6-7H2;/q-1;;-1;+2/t15-,16-;;;/m1.../s1. The molecule has 0 fully saturated rings. The van der Waals surface area contributed by atoms with Crippen LogP contribution in [0.4, 0.5) is 0 Å². The maximum absolute atomic E-state index is 10.1. The third kappa shape index (κ3) is 10.8. The Labute approximate surface area is 286 Å². The molecule has 1 aromatic heterocycles. The van der Waals surface area contributed by atoms with Crippen molar-refractivity contribution in [3.8, 4) is 0 Å². The minimum atomic E-state index is -0.350. The van der Waals surface area contributed by atoms with Gasteiger partial charge in [0.2, 0.25) is 0 Å². The molecule has 3 heterocycles. The van der Waals surface area contributed by atoms with E-state index in [1.807, 2.05) is 60.7 Å². The van der Waals surface area contributed by atoms with Crippen LogP contribution in [0.3, 0.4) is 0 Å². The number of aliphatic hydroxyl groups is 1. The summed E-state index contributed by atoms with van der Waals surface area (Å²) in [6.07, 6.45) is 1.42. The number of rotatable bonds is 10. The van der Waals surface area contributed by atoms with Gasteiger partial charge in [-0.05, 0) is 63.5 Å². The van der Waals surface area contributed by atoms with Crippen LogP contribution in [0.5, 0.6) is 0 Å². The second-order valence-corrected chi connectivity index (χ2v) is 13.5. The predicted molar refractivity (Wildman–Crippen MR) is 182 cm³/mol. The van der Waals surface area contributed by atoms with Crippen molar-refractivity contribution >= 4 is 11.8 Å². The molecule has 2 aliphatic heterocycles. The van der Waals surface area contributed by atoms with Crippen molar-refractivity contribution in [2.24, 2.45) is 21.8 Å². The van der Waals surface area contributed by atoms with Crippen LogP contribution in [-0.2, 0) is 49.6 Å². The molecule has 0 aliphatic carbocycles. The van der Waals surface area contributed by atoms with Crippen molar-refractivity contribution in [1.82, 2.24) is 4.98 Å². The van der Waals surface area contributed by atoms with E-state index in [-0.39, 0.29) is 52.6 Å². The van der Waals surface area contributed by atoms with E-state index in [0.717, 1.165) is 35.2 Å². The first-order valence-electron chi connectivity index (χ1n) is 16.2. The number of hydrogen-bond acceptors (Lipinski definition) is 6. The van der Waals surface area contributed by atoms with Crippen molar-refractivity contribution in [2.45, 2.75) is 91.1 Å². The third-order valence-electron chi connectivity index (χ3n) is 8.35. The zero-order valence-corrected chi connectivity index (χ0v) is 29.8. The van der Waals surface area contributed by atoms with Crippen molar-refractivity contribution in [2.75, 3.05) is 26.4 Å². The van der Waals surface area contributed by atoms with E-state index in [4.69, 9.17) is 29.5 Å². The molecule has 3 aromatic rings. The van der Waals surface area contributed by atoms with Gasteiger partial charge in [-0.2, -0.15) is 0 Å². The van der Waals surface area contributed by atoms with Gasteiger partial charge in [-0.1, -0.05) is 100 Å². The van der Waals surface area contributed by atoms with Crippen LogP contribution in [0.25, 0.3) is 0 Å². The fourth-order valence-corrected chi connectivity index (χ4v) is 4.96. The van der Waals surface area contributed by atoms with Crippen molar-refractivity contribution < 1.29 is 36.2 Å². The van der Waals surface area contributed by atoms with E-state index in [9.17, 15) is 5.11 Å². The number of benzene rings is 2. The molecular weight excluding hydrogens is 621 g/mol. The molecule has 0 amide bonds. The number of aliphatic imine (C=N–C) groups is 2. The normalized spacial score (nSPS) is 17.5. The average Bonchev–Trinajstić information content (AvgIpc) is 3.81. The fourth-order valence-electron chi connectivity index (χ4n) is 4.96. The van der Waals surface area contributed by atoms with Gasteiger partial charge in [0.05, 0.1) is 12.1 Å². The minimum absolute atomic E-state index is 0. The first-order chi connectivity index (χ1) is 21.4. The van der Waals surface area contributed by atoms with Gasteiger partial charge in [-0.3, -0.25) is 0 Å². The molecule has 8 heteroatoms. The molecule has 2 atom stereocenters. The van der Waals surface area contributed by atoms with Crippen molar-refractivity contribution in [3.05, 3.63) is 95.3 Å². The number of nitrogens with zero attached hydrogens (tertiary/aromatic N) is 3.